The van der Waals surface area contributed by atoms with Crippen LogP contribution in [0.3, 0.4) is 0 Å². The minimum absolute atomic E-state index is 0.318. The van der Waals surface area contributed by atoms with Gasteiger partial charge >= 0.3 is 0 Å². The summed E-state index contributed by atoms with van der Waals surface area (Å²) in [5.41, 5.74) is 2.25. The Morgan fingerprint density at radius 2 is 2.18 bits per heavy atom. The van der Waals surface area contributed by atoms with E-state index in [0.29, 0.717) is 30.5 Å². The highest BCUT2D eigenvalue weighted by Crippen LogP contribution is 2.34. The topological polar surface area (TPSA) is 46.6 Å². The van der Waals surface area contributed by atoms with Gasteiger partial charge in [-0.1, -0.05) is 0 Å². The highest BCUT2D eigenvalue weighted by atomic mass is 32.2. The molecule has 0 saturated carbocycles. The summed E-state index contributed by atoms with van der Waals surface area (Å²) in [5.74, 6) is 1.13. The van der Waals surface area contributed by atoms with Crippen molar-refractivity contribution in [1.82, 2.24) is 4.31 Å². The number of hydrogen-bond donors (Lipinski definition) is 0. The lowest BCUT2D eigenvalue weighted by Crippen LogP contribution is -2.28. The number of nitrogens with zero attached hydrogens (tertiary/aromatic N) is 1. The van der Waals surface area contributed by atoms with Crippen molar-refractivity contribution < 1.29 is 13.2 Å². The van der Waals surface area contributed by atoms with Gasteiger partial charge in [-0.2, -0.15) is 15.6 Å². The van der Waals surface area contributed by atoms with Gasteiger partial charge in [0.15, 0.2) is 0 Å². The van der Waals surface area contributed by atoms with Gasteiger partial charge in [-0.05, 0) is 58.5 Å². The monoisotopic (exact) mass is 335 g/mol. The molecule has 2 aliphatic rings. The lowest BCUT2D eigenvalue weighted by Gasteiger charge is -2.17. The van der Waals surface area contributed by atoms with Crippen LogP contribution in [0, 0.1) is 0 Å². The minimum atomic E-state index is -3.40. The molecule has 1 fully saturated rings. The van der Waals surface area contributed by atoms with Crippen LogP contribution in [0.1, 0.15) is 23.5 Å². The standard InChI is InChI=1S/C16H17NO3S2/c18-22(19,15-1-2-16-12(9-15)4-7-20-16)17-6-3-13(10-17)14-5-8-21-11-14/h1-2,5,8-9,11,13H,3-4,6-7,10H2. The summed E-state index contributed by atoms with van der Waals surface area (Å²) in [6, 6.07) is 7.31. The van der Waals surface area contributed by atoms with Crippen LogP contribution in [0.5, 0.6) is 5.75 Å². The molecule has 1 saturated heterocycles. The summed E-state index contributed by atoms with van der Waals surface area (Å²) in [6.45, 7) is 1.81. The van der Waals surface area contributed by atoms with E-state index in [2.05, 4.69) is 11.4 Å². The zero-order valence-corrected chi connectivity index (χ0v) is 13.7. The van der Waals surface area contributed by atoms with Gasteiger partial charge in [-0.3, -0.25) is 0 Å². The van der Waals surface area contributed by atoms with Crippen LogP contribution in [0.25, 0.3) is 0 Å². The number of ether oxygens (including phenoxy) is 1. The van der Waals surface area contributed by atoms with E-state index in [-0.39, 0.29) is 0 Å². The SMILES string of the molecule is O=S(=O)(c1ccc2c(c1)CCO2)N1CCC(c2ccsc2)C1. The summed E-state index contributed by atoms with van der Waals surface area (Å²) >= 11 is 1.66. The molecule has 3 heterocycles. The Morgan fingerprint density at radius 1 is 1.27 bits per heavy atom. The quantitative estimate of drug-likeness (QED) is 0.866. The zero-order valence-electron chi connectivity index (χ0n) is 12.1. The van der Waals surface area contributed by atoms with Crippen molar-refractivity contribution in [3.8, 4) is 5.75 Å². The zero-order chi connectivity index (χ0) is 15.2. The molecule has 1 atom stereocenters. The molecule has 1 aromatic heterocycles. The maximum absolute atomic E-state index is 12.8. The van der Waals surface area contributed by atoms with Crippen molar-refractivity contribution in [1.29, 1.82) is 0 Å². The summed E-state index contributed by atoms with van der Waals surface area (Å²) < 4.78 is 32.7. The second-order valence-corrected chi connectivity index (χ2v) is 8.49. The molecule has 0 amide bonds. The molecule has 0 bridgehead atoms. The van der Waals surface area contributed by atoms with Crippen LogP contribution in [-0.4, -0.2) is 32.4 Å². The Bertz CT molecular complexity index is 784. The summed E-state index contributed by atoms with van der Waals surface area (Å²) in [5, 5.41) is 4.17. The second kappa shape index (κ2) is 5.37. The van der Waals surface area contributed by atoms with E-state index in [9.17, 15) is 8.42 Å². The molecule has 22 heavy (non-hydrogen) atoms. The summed E-state index contributed by atoms with van der Waals surface area (Å²) in [4.78, 5) is 0.391. The molecule has 116 valence electrons. The number of thiophene rings is 1. The van der Waals surface area contributed by atoms with Crippen LogP contribution >= 0.6 is 11.3 Å². The average molecular weight is 335 g/mol. The molecule has 0 radical (unpaired) electrons. The fourth-order valence-electron chi connectivity index (χ4n) is 3.20. The molecule has 0 spiro atoms. The molecule has 1 unspecified atom stereocenters. The Kier molecular flexibility index (Phi) is 3.47. The van der Waals surface area contributed by atoms with E-state index in [1.807, 2.05) is 5.38 Å². The predicted molar refractivity (Wildman–Crippen MR) is 86.1 cm³/mol. The molecule has 6 heteroatoms. The van der Waals surface area contributed by atoms with Crippen molar-refractivity contribution >= 4 is 21.4 Å². The minimum Gasteiger partial charge on any atom is -0.493 e. The number of benzene rings is 1. The van der Waals surface area contributed by atoms with Crippen molar-refractivity contribution in [3.63, 3.8) is 0 Å². The average Bonchev–Trinajstić information content (AvgIpc) is 3.25. The second-order valence-electron chi connectivity index (χ2n) is 5.77. The van der Waals surface area contributed by atoms with Crippen LogP contribution in [0.15, 0.2) is 39.9 Å². The maximum Gasteiger partial charge on any atom is 0.243 e. The van der Waals surface area contributed by atoms with E-state index in [4.69, 9.17) is 4.74 Å². The number of hydrogen-bond acceptors (Lipinski definition) is 4. The van der Waals surface area contributed by atoms with Gasteiger partial charge in [-0.15, -0.1) is 0 Å². The van der Waals surface area contributed by atoms with E-state index in [0.717, 1.165) is 24.2 Å². The highest BCUT2D eigenvalue weighted by Gasteiger charge is 2.33. The summed E-state index contributed by atoms with van der Waals surface area (Å²) in [6.07, 6.45) is 1.68. The Hall–Kier alpha value is -1.37. The highest BCUT2D eigenvalue weighted by molar-refractivity contribution is 7.89. The third-order valence-corrected chi connectivity index (χ3v) is 7.03. The van der Waals surface area contributed by atoms with Crippen LogP contribution < -0.4 is 4.74 Å². The number of rotatable bonds is 3. The predicted octanol–water partition coefficient (Wildman–Crippen LogP) is 2.86. The third-order valence-electron chi connectivity index (χ3n) is 4.46. The smallest absolute Gasteiger partial charge is 0.243 e. The van der Waals surface area contributed by atoms with Crippen molar-refractivity contribution in [2.75, 3.05) is 19.7 Å². The van der Waals surface area contributed by atoms with Crippen molar-refractivity contribution in [2.24, 2.45) is 0 Å². The van der Waals surface area contributed by atoms with Gasteiger partial charge in [0.05, 0.1) is 11.5 Å². The lowest BCUT2D eigenvalue weighted by atomic mass is 10.0. The first kappa shape index (κ1) is 14.2. The maximum atomic E-state index is 12.8. The Morgan fingerprint density at radius 3 is 3.00 bits per heavy atom. The molecule has 1 aromatic carbocycles. The van der Waals surface area contributed by atoms with Crippen LogP contribution in [-0.2, 0) is 16.4 Å². The number of sulfonamides is 1. The molecular weight excluding hydrogens is 318 g/mol. The Balaban J connectivity index is 1.59. The Labute approximate surface area is 134 Å². The van der Waals surface area contributed by atoms with E-state index in [1.165, 1.54) is 5.56 Å². The molecule has 0 aliphatic carbocycles. The van der Waals surface area contributed by atoms with Crippen molar-refractivity contribution in [3.05, 3.63) is 46.2 Å². The lowest BCUT2D eigenvalue weighted by molar-refractivity contribution is 0.356. The first-order valence-electron chi connectivity index (χ1n) is 7.42. The normalized spacial score (nSPS) is 21.7. The first-order chi connectivity index (χ1) is 10.6. The largest absolute Gasteiger partial charge is 0.493 e. The fraction of sp³-hybridized carbons (Fsp3) is 0.375. The van der Waals surface area contributed by atoms with Gasteiger partial charge < -0.3 is 4.74 Å². The van der Waals surface area contributed by atoms with E-state index in [1.54, 1.807) is 33.8 Å². The molecule has 4 nitrogen and oxygen atoms in total. The first-order valence-corrected chi connectivity index (χ1v) is 9.81. The van der Waals surface area contributed by atoms with Gasteiger partial charge in [0.25, 0.3) is 0 Å². The van der Waals surface area contributed by atoms with Gasteiger partial charge in [0.1, 0.15) is 5.75 Å². The van der Waals surface area contributed by atoms with Crippen LogP contribution in [0.4, 0.5) is 0 Å². The van der Waals surface area contributed by atoms with Gasteiger partial charge in [0.2, 0.25) is 10.0 Å². The van der Waals surface area contributed by atoms with E-state index >= 15 is 0 Å². The van der Waals surface area contributed by atoms with Gasteiger partial charge in [0, 0.05) is 19.5 Å². The fourth-order valence-corrected chi connectivity index (χ4v) is 5.49. The van der Waals surface area contributed by atoms with Crippen LogP contribution in [0.2, 0.25) is 0 Å². The van der Waals surface area contributed by atoms with Crippen molar-refractivity contribution in [2.45, 2.75) is 23.7 Å². The van der Waals surface area contributed by atoms with Gasteiger partial charge in [-0.25, -0.2) is 8.42 Å². The number of fused-ring (bicyclic) bond motifs is 1. The molecule has 2 aromatic rings. The third kappa shape index (κ3) is 2.35. The molecular formula is C16H17NO3S2. The van der Waals surface area contributed by atoms with E-state index < -0.39 is 10.0 Å². The molecule has 2 aliphatic heterocycles. The molecule has 0 N–H and O–H groups in total. The molecule has 4 rings (SSSR count). The summed E-state index contributed by atoms with van der Waals surface area (Å²) in [7, 11) is -3.40.